The molecule has 1 unspecified atom stereocenters. The molecule has 0 radical (unpaired) electrons. The van der Waals surface area contributed by atoms with E-state index in [4.69, 9.17) is 4.74 Å². The van der Waals surface area contributed by atoms with Crippen molar-refractivity contribution < 1.29 is 9.53 Å². The van der Waals surface area contributed by atoms with Crippen molar-refractivity contribution in [3.05, 3.63) is 11.8 Å². The van der Waals surface area contributed by atoms with Crippen LogP contribution in [0.4, 0.5) is 5.82 Å². The van der Waals surface area contributed by atoms with E-state index in [1.807, 2.05) is 6.07 Å². The number of hydrogen-bond acceptors (Lipinski definition) is 3. The molecule has 1 aliphatic heterocycles. The molecule has 1 fully saturated rings. The van der Waals surface area contributed by atoms with Crippen molar-refractivity contribution in [1.82, 2.24) is 10.2 Å². The van der Waals surface area contributed by atoms with Gasteiger partial charge >= 0.3 is 0 Å². The zero-order valence-corrected chi connectivity index (χ0v) is 7.82. The molecule has 0 spiro atoms. The molecular formula is C9H13N3O2. The standard InChI is InChI=1S/C9H13N3O2/c13-6-10-9-4-8(11-12-9)3-7-1-2-14-5-7/h4,6-7H,1-3,5H2,(H2,10,11,12,13). The number of H-pyrrole nitrogens is 1. The van der Waals surface area contributed by atoms with E-state index < -0.39 is 0 Å². The molecule has 5 nitrogen and oxygen atoms in total. The minimum Gasteiger partial charge on any atom is -0.381 e. The highest BCUT2D eigenvalue weighted by atomic mass is 16.5. The van der Waals surface area contributed by atoms with Crippen molar-refractivity contribution >= 4 is 12.2 Å². The molecule has 0 bridgehead atoms. The molecule has 0 saturated carbocycles. The number of hydrogen-bond donors (Lipinski definition) is 2. The first-order valence-corrected chi connectivity index (χ1v) is 4.70. The average molecular weight is 195 g/mol. The summed E-state index contributed by atoms with van der Waals surface area (Å²) in [5.74, 6) is 1.16. The lowest BCUT2D eigenvalue weighted by atomic mass is 10.0. The molecule has 2 rings (SSSR count). The van der Waals surface area contributed by atoms with Crippen molar-refractivity contribution in [2.45, 2.75) is 12.8 Å². The third kappa shape index (κ3) is 2.11. The number of aromatic nitrogens is 2. The maximum Gasteiger partial charge on any atom is 0.212 e. The Hall–Kier alpha value is -1.36. The second-order valence-electron chi connectivity index (χ2n) is 3.47. The van der Waals surface area contributed by atoms with Gasteiger partial charge in [-0.15, -0.1) is 0 Å². The van der Waals surface area contributed by atoms with E-state index in [-0.39, 0.29) is 0 Å². The van der Waals surface area contributed by atoms with Gasteiger partial charge in [0.25, 0.3) is 0 Å². The van der Waals surface area contributed by atoms with Crippen molar-refractivity contribution in [3.63, 3.8) is 0 Å². The van der Waals surface area contributed by atoms with Crippen LogP contribution < -0.4 is 5.32 Å². The summed E-state index contributed by atoms with van der Waals surface area (Å²) in [4.78, 5) is 10.1. The lowest BCUT2D eigenvalue weighted by Gasteiger charge is -2.03. The zero-order chi connectivity index (χ0) is 9.80. The zero-order valence-electron chi connectivity index (χ0n) is 7.82. The number of ether oxygens (including phenoxy) is 1. The maximum absolute atomic E-state index is 10.1. The molecule has 2 N–H and O–H groups in total. The summed E-state index contributed by atoms with van der Waals surface area (Å²) in [7, 11) is 0. The molecular weight excluding hydrogens is 182 g/mol. The quantitative estimate of drug-likeness (QED) is 0.690. The first-order valence-electron chi connectivity index (χ1n) is 4.70. The summed E-state index contributed by atoms with van der Waals surface area (Å²) in [5, 5.41) is 9.33. The van der Waals surface area contributed by atoms with Crippen LogP contribution in [-0.2, 0) is 16.0 Å². The van der Waals surface area contributed by atoms with Crippen molar-refractivity contribution in [2.75, 3.05) is 18.5 Å². The minimum atomic E-state index is 0.578. The summed E-state index contributed by atoms with van der Waals surface area (Å²) in [6.07, 6.45) is 2.67. The molecule has 2 heterocycles. The number of carbonyl (C=O) groups excluding carboxylic acids is 1. The van der Waals surface area contributed by atoms with Crippen molar-refractivity contribution in [2.24, 2.45) is 5.92 Å². The van der Waals surface area contributed by atoms with E-state index in [2.05, 4.69) is 15.5 Å². The summed E-state index contributed by atoms with van der Waals surface area (Å²) in [6.45, 7) is 1.69. The third-order valence-electron chi connectivity index (χ3n) is 2.37. The summed E-state index contributed by atoms with van der Waals surface area (Å²) < 4.78 is 5.28. The highest BCUT2D eigenvalue weighted by molar-refractivity contribution is 5.68. The lowest BCUT2D eigenvalue weighted by molar-refractivity contribution is -0.105. The Morgan fingerprint density at radius 3 is 3.43 bits per heavy atom. The molecule has 5 heteroatoms. The van der Waals surface area contributed by atoms with Gasteiger partial charge in [-0.3, -0.25) is 9.89 Å². The fourth-order valence-corrected chi connectivity index (χ4v) is 1.66. The molecule has 1 aliphatic rings. The van der Waals surface area contributed by atoms with Crippen LogP contribution in [0.5, 0.6) is 0 Å². The Morgan fingerprint density at radius 1 is 1.79 bits per heavy atom. The van der Waals surface area contributed by atoms with E-state index in [0.29, 0.717) is 18.1 Å². The van der Waals surface area contributed by atoms with Gasteiger partial charge < -0.3 is 10.1 Å². The summed E-state index contributed by atoms with van der Waals surface area (Å²) in [6, 6.07) is 1.85. The lowest BCUT2D eigenvalue weighted by Crippen LogP contribution is -2.03. The number of aromatic amines is 1. The molecule has 1 saturated heterocycles. The van der Waals surface area contributed by atoms with E-state index in [1.165, 1.54) is 0 Å². The fraction of sp³-hybridized carbons (Fsp3) is 0.556. The predicted octanol–water partition coefficient (Wildman–Crippen LogP) is 0.557. The van der Waals surface area contributed by atoms with E-state index in [9.17, 15) is 4.79 Å². The maximum atomic E-state index is 10.1. The molecule has 1 atom stereocenters. The van der Waals surface area contributed by atoms with Gasteiger partial charge in [-0.1, -0.05) is 0 Å². The number of nitrogens with zero attached hydrogens (tertiary/aromatic N) is 1. The highest BCUT2D eigenvalue weighted by Gasteiger charge is 2.16. The number of carbonyl (C=O) groups is 1. The van der Waals surface area contributed by atoms with Crippen LogP contribution in [0.1, 0.15) is 12.1 Å². The monoisotopic (exact) mass is 195 g/mol. The number of anilines is 1. The molecule has 14 heavy (non-hydrogen) atoms. The van der Waals surface area contributed by atoms with Gasteiger partial charge in [0.1, 0.15) is 0 Å². The third-order valence-corrected chi connectivity index (χ3v) is 2.37. The van der Waals surface area contributed by atoms with Crippen LogP contribution in [0.3, 0.4) is 0 Å². The summed E-state index contributed by atoms with van der Waals surface area (Å²) in [5.41, 5.74) is 1.05. The minimum absolute atomic E-state index is 0.578. The van der Waals surface area contributed by atoms with Gasteiger partial charge in [0.15, 0.2) is 5.82 Å². The number of nitrogens with one attached hydrogen (secondary N) is 2. The van der Waals surface area contributed by atoms with Gasteiger partial charge in [-0.2, -0.15) is 5.10 Å². The van der Waals surface area contributed by atoms with E-state index in [1.54, 1.807) is 0 Å². The Bertz CT molecular complexity index is 305. The Kier molecular flexibility index (Phi) is 2.78. The van der Waals surface area contributed by atoms with Gasteiger partial charge in [0.2, 0.25) is 6.41 Å². The molecule has 0 aliphatic carbocycles. The second kappa shape index (κ2) is 4.23. The first kappa shape index (κ1) is 9.21. The Morgan fingerprint density at radius 2 is 2.71 bits per heavy atom. The van der Waals surface area contributed by atoms with Crippen LogP contribution in [0.2, 0.25) is 0 Å². The van der Waals surface area contributed by atoms with Crippen LogP contribution in [0.25, 0.3) is 0 Å². The van der Waals surface area contributed by atoms with Crippen LogP contribution in [0.15, 0.2) is 6.07 Å². The molecule has 1 aromatic heterocycles. The summed E-state index contributed by atoms with van der Waals surface area (Å²) >= 11 is 0. The Labute approximate surface area is 81.8 Å². The van der Waals surface area contributed by atoms with E-state index >= 15 is 0 Å². The Balaban J connectivity index is 1.91. The van der Waals surface area contributed by atoms with Crippen LogP contribution in [-0.4, -0.2) is 29.8 Å². The fourth-order valence-electron chi connectivity index (χ4n) is 1.66. The van der Waals surface area contributed by atoms with E-state index in [0.717, 1.165) is 31.7 Å². The van der Waals surface area contributed by atoms with Gasteiger partial charge in [0, 0.05) is 25.0 Å². The van der Waals surface area contributed by atoms with Gasteiger partial charge in [0.05, 0.1) is 0 Å². The van der Waals surface area contributed by atoms with Crippen molar-refractivity contribution in [1.29, 1.82) is 0 Å². The average Bonchev–Trinajstić information content (AvgIpc) is 2.79. The molecule has 0 aromatic carbocycles. The first-order chi connectivity index (χ1) is 6.88. The molecule has 1 aromatic rings. The SMILES string of the molecule is O=CNc1cc(CC2CCOC2)[nH]n1. The van der Waals surface area contributed by atoms with Crippen LogP contribution >= 0.6 is 0 Å². The van der Waals surface area contributed by atoms with Crippen LogP contribution in [0, 0.1) is 5.92 Å². The number of amides is 1. The largest absolute Gasteiger partial charge is 0.381 e. The second-order valence-corrected chi connectivity index (χ2v) is 3.47. The molecule has 76 valence electrons. The number of rotatable bonds is 4. The smallest absolute Gasteiger partial charge is 0.212 e. The highest BCUT2D eigenvalue weighted by Crippen LogP contribution is 2.18. The molecule has 1 amide bonds. The predicted molar refractivity (Wildman–Crippen MR) is 50.9 cm³/mol. The topological polar surface area (TPSA) is 67.0 Å². The van der Waals surface area contributed by atoms with Gasteiger partial charge in [-0.05, 0) is 18.8 Å². The normalized spacial score (nSPS) is 21.0. The van der Waals surface area contributed by atoms with Crippen molar-refractivity contribution in [3.8, 4) is 0 Å². The van der Waals surface area contributed by atoms with Gasteiger partial charge in [-0.25, -0.2) is 0 Å².